The molecule has 3 amide bonds. The maximum Gasteiger partial charge on any atom is 0.319 e. The molecular formula is C19H28FN3O2. The van der Waals surface area contributed by atoms with Crippen LogP contribution in [0.5, 0.6) is 0 Å². The summed E-state index contributed by atoms with van der Waals surface area (Å²) in [6, 6.07) is 3.85. The number of halogens is 1. The van der Waals surface area contributed by atoms with Crippen LogP contribution in [0.2, 0.25) is 0 Å². The Morgan fingerprint density at radius 3 is 2.40 bits per heavy atom. The molecule has 138 valence electrons. The highest BCUT2D eigenvalue weighted by Crippen LogP contribution is 2.26. The molecular weight excluding hydrogens is 321 g/mol. The van der Waals surface area contributed by atoms with E-state index in [1.54, 1.807) is 0 Å². The lowest BCUT2D eigenvalue weighted by Gasteiger charge is -2.21. The Balaban J connectivity index is 1.99. The number of carbonyl (C=O) groups is 2. The van der Waals surface area contributed by atoms with Crippen LogP contribution in [-0.2, 0) is 4.79 Å². The molecule has 0 bridgehead atoms. The van der Waals surface area contributed by atoms with Crippen molar-refractivity contribution in [2.75, 3.05) is 10.6 Å². The Kier molecular flexibility index (Phi) is 6.79. The molecule has 1 aliphatic carbocycles. The van der Waals surface area contributed by atoms with Crippen LogP contribution in [0.3, 0.4) is 0 Å². The standard InChI is InChI=1S/C19H28FN3O2/c1-12(2)13(3)21-19(25)22-15-9-10-16(20)17(11-15)23-18(24)14-7-5-4-6-8-14/h9-14H,4-8H2,1-3H3,(H,23,24)(H2,21,22,25). The Morgan fingerprint density at radius 2 is 1.76 bits per heavy atom. The minimum Gasteiger partial charge on any atom is -0.335 e. The third-order valence-corrected chi connectivity index (χ3v) is 4.82. The van der Waals surface area contributed by atoms with Gasteiger partial charge in [0.15, 0.2) is 0 Å². The van der Waals surface area contributed by atoms with Gasteiger partial charge in [-0.3, -0.25) is 4.79 Å². The molecule has 1 saturated carbocycles. The van der Waals surface area contributed by atoms with E-state index in [0.717, 1.165) is 32.1 Å². The van der Waals surface area contributed by atoms with Crippen molar-refractivity contribution in [3.8, 4) is 0 Å². The van der Waals surface area contributed by atoms with Gasteiger partial charge in [-0.05, 0) is 43.9 Å². The van der Waals surface area contributed by atoms with Crippen LogP contribution in [0.1, 0.15) is 52.9 Å². The summed E-state index contributed by atoms with van der Waals surface area (Å²) in [4.78, 5) is 24.3. The summed E-state index contributed by atoms with van der Waals surface area (Å²) in [6.07, 6.45) is 4.93. The topological polar surface area (TPSA) is 70.2 Å². The molecule has 1 aromatic carbocycles. The van der Waals surface area contributed by atoms with Crippen LogP contribution >= 0.6 is 0 Å². The molecule has 3 N–H and O–H groups in total. The van der Waals surface area contributed by atoms with Gasteiger partial charge in [-0.15, -0.1) is 0 Å². The highest BCUT2D eigenvalue weighted by molar-refractivity contribution is 5.94. The fourth-order valence-electron chi connectivity index (χ4n) is 2.84. The van der Waals surface area contributed by atoms with Gasteiger partial charge in [-0.25, -0.2) is 9.18 Å². The van der Waals surface area contributed by atoms with Crippen LogP contribution in [-0.4, -0.2) is 18.0 Å². The van der Waals surface area contributed by atoms with Gasteiger partial charge in [-0.2, -0.15) is 0 Å². The first kappa shape index (κ1) is 19.2. The molecule has 6 heteroatoms. The quantitative estimate of drug-likeness (QED) is 0.732. The number of hydrogen-bond acceptors (Lipinski definition) is 2. The molecule has 0 aliphatic heterocycles. The van der Waals surface area contributed by atoms with Crippen molar-refractivity contribution in [1.29, 1.82) is 0 Å². The summed E-state index contributed by atoms with van der Waals surface area (Å²) in [6.45, 7) is 5.95. The minimum absolute atomic E-state index is 0.0194. The molecule has 5 nitrogen and oxygen atoms in total. The lowest BCUT2D eigenvalue weighted by Crippen LogP contribution is -2.39. The largest absolute Gasteiger partial charge is 0.335 e. The summed E-state index contributed by atoms with van der Waals surface area (Å²) in [7, 11) is 0. The number of nitrogens with one attached hydrogen (secondary N) is 3. The zero-order valence-electron chi connectivity index (χ0n) is 15.2. The predicted molar refractivity (Wildman–Crippen MR) is 98.1 cm³/mol. The third-order valence-electron chi connectivity index (χ3n) is 4.82. The predicted octanol–water partition coefficient (Wildman–Crippen LogP) is 4.51. The maximum atomic E-state index is 14.0. The van der Waals surface area contributed by atoms with E-state index in [1.165, 1.54) is 18.2 Å². The monoisotopic (exact) mass is 349 g/mol. The van der Waals surface area contributed by atoms with Crippen molar-refractivity contribution >= 4 is 23.3 Å². The normalized spacial score (nSPS) is 16.4. The van der Waals surface area contributed by atoms with Crippen molar-refractivity contribution in [3.63, 3.8) is 0 Å². The molecule has 0 aromatic heterocycles. The van der Waals surface area contributed by atoms with Gasteiger partial charge in [0.2, 0.25) is 5.91 Å². The van der Waals surface area contributed by atoms with Gasteiger partial charge < -0.3 is 16.0 Å². The lowest BCUT2D eigenvalue weighted by molar-refractivity contribution is -0.120. The lowest BCUT2D eigenvalue weighted by atomic mass is 9.88. The van der Waals surface area contributed by atoms with E-state index in [2.05, 4.69) is 16.0 Å². The average Bonchev–Trinajstić information content (AvgIpc) is 2.58. The van der Waals surface area contributed by atoms with Crippen molar-refractivity contribution < 1.29 is 14.0 Å². The second kappa shape index (κ2) is 8.83. The molecule has 0 saturated heterocycles. The average molecular weight is 349 g/mol. The number of hydrogen-bond donors (Lipinski definition) is 3. The van der Waals surface area contributed by atoms with Gasteiger partial charge in [-0.1, -0.05) is 33.1 Å². The first-order chi connectivity index (χ1) is 11.9. The summed E-state index contributed by atoms with van der Waals surface area (Å²) in [5.41, 5.74) is 0.541. The number of urea groups is 1. The minimum atomic E-state index is -0.509. The number of carbonyl (C=O) groups excluding carboxylic acids is 2. The number of anilines is 2. The Labute approximate surface area is 148 Å². The molecule has 1 aliphatic rings. The zero-order chi connectivity index (χ0) is 18.4. The van der Waals surface area contributed by atoms with E-state index in [-0.39, 0.29) is 29.6 Å². The molecule has 1 unspecified atom stereocenters. The Bertz CT molecular complexity index is 613. The van der Waals surface area contributed by atoms with Crippen LogP contribution in [0.4, 0.5) is 20.6 Å². The van der Waals surface area contributed by atoms with Crippen LogP contribution < -0.4 is 16.0 Å². The van der Waals surface area contributed by atoms with Crippen molar-refractivity contribution in [2.45, 2.75) is 58.9 Å². The maximum absolute atomic E-state index is 14.0. The van der Waals surface area contributed by atoms with Crippen LogP contribution in [0.25, 0.3) is 0 Å². The molecule has 0 spiro atoms. The number of amides is 3. The van der Waals surface area contributed by atoms with Crippen LogP contribution in [0, 0.1) is 17.7 Å². The van der Waals surface area contributed by atoms with Crippen molar-refractivity contribution in [3.05, 3.63) is 24.0 Å². The zero-order valence-corrected chi connectivity index (χ0v) is 15.2. The molecule has 1 fully saturated rings. The fraction of sp³-hybridized carbons (Fsp3) is 0.579. The first-order valence-electron chi connectivity index (χ1n) is 9.04. The van der Waals surface area contributed by atoms with Gasteiger partial charge in [0.05, 0.1) is 5.69 Å². The highest BCUT2D eigenvalue weighted by atomic mass is 19.1. The molecule has 0 heterocycles. The molecule has 0 radical (unpaired) electrons. The van der Waals surface area contributed by atoms with E-state index in [9.17, 15) is 14.0 Å². The highest BCUT2D eigenvalue weighted by Gasteiger charge is 2.22. The Hall–Kier alpha value is -2.11. The van der Waals surface area contributed by atoms with Crippen molar-refractivity contribution in [1.82, 2.24) is 5.32 Å². The van der Waals surface area contributed by atoms with Gasteiger partial charge in [0, 0.05) is 17.6 Å². The molecule has 2 rings (SSSR count). The fourth-order valence-corrected chi connectivity index (χ4v) is 2.84. The van der Waals surface area contributed by atoms with Gasteiger partial charge in [0.1, 0.15) is 5.82 Å². The Morgan fingerprint density at radius 1 is 1.08 bits per heavy atom. The molecule has 1 aromatic rings. The summed E-state index contributed by atoms with van der Waals surface area (Å²) in [5.74, 6) is -0.399. The summed E-state index contributed by atoms with van der Waals surface area (Å²) >= 11 is 0. The van der Waals surface area contributed by atoms with E-state index in [0.29, 0.717) is 11.6 Å². The first-order valence-corrected chi connectivity index (χ1v) is 9.04. The number of rotatable bonds is 5. The summed E-state index contributed by atoms with van der Waals surface area (Å²) < 4.78 is 14.0. The second-order valence-corrected chi connectivity index (χ2v) is 7.15. The summed E-state index contributed by atoms with van der Waals surface area (Å²) in [5, 5.41) is 8.17. The molecule has 25 heavy (non-hydrogen) atoms. The van der Waals surface area contributed by atoms with Gasteiger partial charge >= 0.3 is 6.03 Å². The smallest absolute Gasteiger partial charge is 0.319 e. The van der Waals surface area contributed by atoms with E-state index < -0.39 is 5.82 Å². The third kappa shape index (κ3) is 5.73. The molecule has 1 atom stereocenters. The van der Waals surface area contributed by atoms with Crippen molar-refractivity contribution in [2.24, 2.45) is 11.8 Å². The van der Waals surface area contributed by atoms with Crippen LogP contribution in [0.15, 0.2) is 18.2 Å². The van der Waals surface area contributed by atoms with E-state index in [4.69, 9.17) is 0 Å². The number of benzene rings is 1. The van der Waals surface area contributed by atoms with E-state index in [1.807, 2.05) is 20.8 Å². The second-order valence-electron chi connectivity index (χ2n) is 7.15. The van der Waals surface area contributed by atoms with E-state index >= 15 is 0 Å². The van der Waals surface area contributed by atoms with Gasteiger partial charge in [0.25, 0.3) is 0 Å². The SMILES string of the molecule is CC(C)C(C)NC(=O)Nc1ccc(F)c(NC(=O)C2CCCCC2)c1.